The summed E-state index contributed by atoms with van der Waals surface area (Å²) in [5.41, 5.74) is 1.35. The largest absolute Gasteiger partial charge is 0.339 e. The quantitative estimate of drug-likeness (QED) is 0.748. The molecule has 0 atom stereocenters. The fourth-order valence-corrected chi connectivity index (χ4v) is 2.49. The van der Waals surface area contributed by atoms with E-state index in [2.05, 4.69) is 11.6 Å². The zero-order chi connectivity index (χ0) is 16.6. The van der Waals surface area contributed by atoms with Gasteiger partial charge in [-0.3, -0.25) is 9.52 Å². The van der Waals surface area contributed by atoms with E-state index in [4.69, 9.17) is 0 Å². The normalized spacial score (nSPS) is 11.6. The fourth-order valence-electron chi connectivity index (χ4n) is 1.92. The molecule has 0 unspecified atom stereocenters. The van der Waals surface area contributed by atoms with E-state index in [0.717, 1.165) is 31.2 Å². The molecule has 0 aliphatic heterocycles. The van der Waals surface area contributed by atoms with Gasteiger partial charge in [-0.25, -0.2) is 8.42 Å². The Morgan fingerprint density at radius 2 is 1.86 bits per heavy atom. The predicted molar refractivity (Wildman–Crippen MR) is 91.1 cm³/mol. The molecule has 1 amide bonds. The minimum Gasteiger partial charge on any atom is -0.339 e. The number of anilines is 1. The van der Waals surface area contributed by atoms with Crippen molar-refractivity contribution in [3.05, 3.63) is 35.9 Å². The molecule has 0 saturated carbocycles. The number of hydrogen-bond donors (Lipinski definition) is 1. The number of amides is 1. The zero-order valence-corrected chi connectivity index (χ0v) is 14.2. The summed E-state index contributed by atoms with van der Waals surface area (Å²) in [5.74, 6) is -0.00529. The second-order valence-electron chi connectivity index (χ2n) is 5.10. The van der Waals surface area contributed by atoms with Gasteiger partial charge in [0.2, 0.25) is 15.9 Å². The molecule has 122 valence electrons. The zero-order valence-electron chi connectivity index (χ0n) is 13.4. The minimum absolute atomic E-state index is 0.00529. The maximum atomic E-state index is 12.1. The molecule has 1 rings (SSSR count). The summed E-state index contributed by atoms with van der Waals surface area (Å²) in [6, 6.07) is 6.86. The summed E-state index contributed by atoms with van der Waals surface area (Å²) < 4.78 is 24.6. The molecule has 0 aliphatic carbocycles. The molecule has 5 nitrogen and oxygen atoms in total. The van der Waals surface area contributed by atoms with E-state index < -0.39 is 10.0 Å². The molecule has 1 N–H and O–H groups in total. The van der Waals surface area contributed by atoms with Crippen molar-refractivity contribution in [1.82, 2.24) is 4.90 Å². The van der Waals surface area contributed by atoms with Crippen molar-refractivity contribution in [2.24, 2.45) is 0 Å². The van der Waals surface area contributed by atoms with Gasteiger partial charge in [-0.15, -0.1) is 0 Å². The Bertz CT molecular complexity index is 607. The second-order valence-corrected chi connectivity index (χ2v) is 6.85. The van der Waals surface area contributed by atoms with E-state index in [1.165, 1.54) is 0 Å². The van der Waals surface area contributed by atoms with Crippen LogP contribution in [0.25, 0.3) is 6.08 Å². The molecular weight excluding hydrogens is 300 g/mol. The molecule has 0 fully saturated rings. The average Bonchev–Trinajstić information content (AvgIpc) is 2.45. The van der Waals surface area contributed by atoms with Crippen LogP contribution in [-0.2, 0) is 14.8 Å². The number of nitrogens with one attached hydrogen (secondary N) is 1. The van der Waals surface area contributed by atoms with Gasteiger partial charge in [0, 0.05) is 24.9 Å². The maximum Gasteiger partial charge on any atom is 0.246 e. The summed E-state index contributed by atoms with van der Waals surface area (Å²) >= 11 is 0. The molecule has 0 radical (unpaired) electrons. The highest BCUT2D eigenvalue weighted by molar-refractivity contribution is 7.92. The van der Waals surface area contributed by atoms with E-state index >= 15 is 0 Å². The number of benzene rings is 1. The Balaban J connectivity index is 2.67. The van der Waals surface area contributed by atoms with Crippen LogP contribution in [0.1, 0.15) is 32.3 Å². The number of nitrogens with zero attached hydrogens (tertiary/aromatic N) is 1. The predicted octanol–water partition coefficient (Wildman–Crippen LogP) is 2.72. The Kier molecular flexibility index (Phi) is 7.11. The van der Waals surface area contributed by atoms with Crippen LogP contribution >= 0.6 is 0 Å². The Hall–Kier alpha value is -1.82. The highest BCUT2D eigenvalue weighted by atomic mass is 32.2. The van der Waals surface area contributed by atoms with Crippen molar-refractivity contribution < 1.29 is 13.2 Å². The van der Waals surface area contributed by atoms with E-state index in [1.807, 2.05) is 6.92 Å². The van der Waals surface area contributed by atoms with Gasteiger partial charge in [0.1, 0.15) is 0 Å². The number of carbonyl (C=O) groups is 1. The molecule has 0 spiro atoms. The van der Waals surface area contributed by atoms with Gasteiger partial charge in [-0.1, -0.05) is 25.5 Å². The standard InChI is InChI=1S/C16H24N2O3S/c1-4-6-13-18(5-2)16(19)12-9-14-7-10-15(11-8-14)17-22(3,20)21/h7-12,17H,4-6,13H2,1-3H3/b12-9+. The van der Waals surface area contributed by atoms with E-state index in [1.54, 1.807) is 41.3 Å². The minimum atomic E-state index is -3.27. The Morgan fingerprint density at radius 1 is 1.23 bits per heavy atom. The number of unbranched alkanes of at least 4 members (excludes halogenated alkanes) is 1. The van der Waals surface area contributed by atoms with E-state index in [9.17, 15) is 13.2 Å². The van der Waals surface area contributed by atoms with Gasteiger partial charge < -0.3 is 4.90 Å². The van der Waals surface area contributed by atoms with Crippen LogP contribution in [0, 0.1) is 0 Å². The van der Waals surface area contributed by atoms with Crippen molar-refractivity contribution in [3.63, 3.8) is 0 Å². The van der Waals surface area contributed by atoms with Crippen molar-refractivity contribution >= 4 is 27.7 Å². The first kappa shape index (κ1) is 18.2. The van der Waals surface area contributed by atoms with Crippen molar-refractivity contribution in [2.45, 2.75) is 26.7 Å². The first-order valence-corrected chi connectivity index (χ1v) is 9.29. The molecule has 0 aromatic heterocycles. The topological polar surface area (TPSA) is 66.5 Å². The summed E-state index contributed by atoms with van der Waals surface area (Å²) in [6.07, 6.45) is 6.45. The van der Waals surface area contributed by atoms with Crippen molar-refractivity contribution in [2.75, 3.05) is 24.1 Å². The van der Waals surface area contributed by atoms with Crippen molar-refractivity contribution in [3.8, 4) is 0 Å². The third kappa shape index (κ3) is 6.76. The van der Waals surface area contributed by atoms with Crippen LogP contribution < -0.4 is 4.72 Å². The fraction of sp³-hybridized carbons (Fsp3) is 0.438. The SMILES string of the molecule is CCCCN(CC)C(=O)/C=C/c1ccc(NS(C)(=O)=O)cc1. The first-order chi connectivity index (χ1) is 10.4. The lowest BCUT2D eigenvalue weighted by atomic mass is 10.2. The molecule has 0 saturated heterocycles. The molecule has 0 bridgehead atoms. The monoisotopic (exact) mass is 324 g/mol. The highest BCUT2D eigenvalue weighted by Crippen LogP contribution is 2.12. The maximum absolute atomic E-state index is 12.1. The summed E-state index contributed by atoms with van der Waals surface area (Å²) in [4.78, 5) is 13.9. The average molecular weight is 324 g/mol. The molecular formula is C16H24N2O3S. The van der Waals surface area contributed by atoms with Crippen LogP contribution in [0.3, 0.4) is 0 Å². The Morgan fingerprint density at radius 3 is 2.36 bits per heavy atom. The number of rotatable bonds is 8. The van der Waals surface area contributed by atoms with Gasteiger partial charge in [0.05, 0.1) is 6.26 Å². The number of hydrogen-bond acceptors (Lipinski definition) is 3. The van der Waals surface area contributed by atoms with Crippen LogP contribution in [0.5, 0.6) is 0 Å². The second kappa shape index (κ2) is 8.58. The summed E-state index contributed by atoms with van der Waals surface area (Å²) in [5, 5.41) is 0. The van der Waals surface area contributed by atoms with Crippen molar-refractivity contribution in [1.29, 1.82) is 0 Å². The van der Waals surface area contributed by atoms with Gasteiger partial charge in [-0.05, 0) is 37.1 Å². The number of sulfonamides is 1. The van der Waals surface area contributed by atoms with E-state index in [-0.39, 0.29) is 5.91 Å². The lowest BCUT2D eigenvalue weighted by Crippen LogP contribution is -2.30. The molecule has 1 aromatic carbocycles. The highest BCUT2D eigenvalue weighted by Gasteiger charge is 2.07. The van der Waals surface area contributed by atoms with Gasteiger partial charge in [0.25, 0.3) is 0 Å². The van der Waals surface area contributed by atoms with Crippen LogP contribution in [0.4, 0.5) is 5.69 Å². The Labute approximate surface area is 133 Å². The molecule has 6 heteroatoms. The van der Waals surface area contributed by atoms with Crippen LogP contribution in [-0.4, -0.2) is 38.6 Å². The van der Waals surface area contributed by atoms with Crippen LogP contribution in [0.15, 0.2) is 30.3 Å². The van der Waals surface area contributed by atoms with Crippen LogP contribution in [0.2, 0.25) is 0 Å². The molecule has 0 aliphatic rings. The summed E-state index contributed by atoms with van der Waals surface area (Å²) in [7, 11) is -3.27. The third-order valence-electron chi connectivity index (χ3n) is 3.11. The number of likely N-dealkylation sites (N-methyl/N-ethyl adjacent to an activating group) is 1. The molecule has 0 heterocycles. The lowest BCUT2D eigenvalue weighted by molar-refractivity contribution is -0.125. The van der Waals surface area contributed by atoms with Gasteiger partial charge in [0.15, 0.2) is 0 Å². The van der Waals surface area contributed by atoms with E-state index in [0.29, 0.717) is 12.2 Å². The van der Waals surface area contributed by atoms with Gasteiger partial charge >= 0.3 is 0 Å². The number of carbonyl (C=O) groups excluding carboxylic acids is 1. The third-order valence-corrected chi connectivity index (χ3v) is 3.71. The molecule has 1 aromatic rings. The van der Waals surface area contributed by atoms with Gasteiger partial charge in [-0.2, -0.15) is 0 Å². The lowest BCUT2D eigenvalue weighted by Gasteiger charge is -2.18. The smallest absolute Gasteiger partial charge is 0.246 e. The molecule has 22 heavy (non-hydrogen) atoms. The first-order valence-electron chi connectivity index (χ1n) is 7.40. The summed E-state index contributed by atoms with van der Waals surface area (Å²) in [6.45, 7) is 5.53.